The van der Waals surface area contributed by atoms with Crippen molar-refractivity contribution in [3.05, 3.63) is 83.4 Å². The maximum atomic E-state index is 14.7. The lowest BCUT2D eigenvalue weighted by molar-refractivity contribution is -0.248. The molecule has 0 aliphatic heterocycles. The Morgan fingerprint density at radius 2 is 1.38 bits per heavy atom. The molecule has 0 spiro atoms. The summed E-state index contributed by atoms with van der Waals surface area (Å²) in [5.41, 5.74) is 3.56. The third-order valence-electron chi connectivity index (χ3n) is 9.01. The van der Waals surface area contributed by atoms with Gasteiger partial charge in [-0.1, -0.05) is 87.2 Å². The summed E-state index contributed by atoms with van der Waals surface area (Å²) in [6, 6.07) is 15.4. The Hall–Kier alpha value is -2.00. The highest BCUT2D eigenvalue weighted by atomic mass is 19.3. The van der Waals surface area contributed by atoms with Crippen LogP contribution in [0.15, 0.2) is 61.2 Å². The van der Waals surface area contributed by atoms with E-state index in [0.29, 0.717) is 24.2 Å². The van der Waals surface area contributed by atoms with Crippen molar-refractivity contribution in [3.63, 3.8) is 0 Å². The molecule has 202 valence electrons. The van der Waals surface area contributed by atoms with Gasteiger partial charge in [-0.15, -0.1) is 6.58 Å². The first kappa shape index (κ1) is 28.0. The van der Waals surface area contributed by atoms with E-state index in [1.807, 2.05) is 18.2 Å². The number of halogens is 2. The van der Waals surface area contributed by atoms with Crippen LogP contribution in [0.4, 0.5) is 8.78 Å². The molecule has 2 aliphatic carbocycles. The summed E-state index contributed by atoms with van der Waals surface area (Å²) in [7, 11) is 0. The van der Waals surface area contributed by atoms with E-state index < -0.39 is 6.11 Å². The van der Waals surface area contributed by atoms with Crippen LogP contribution >= 0.6 is 0 Å². The Balaban J connectivity index is 1.21. The van der Waals surface area contributed by atoms with Crippen LogP contribution in [0.1, 0.15) is 118 Å². The molecule has 0 aromatic heterocycles. The average molecular weight is 509 g/mol. The van der Waals surface area contributed by atoms with E-state index in [9.17, 15) is 8.78 Å². The van der Waals surface area contributed by atoms with E-state index in [1.54, 1.807) is 12.1 Å². The van der Waals surface area contributed by atoms with Gasteiger partial charge >= 0.3 is 6.11 Å². The molecule has 2 saturated carbocycles. The van der Waals surface area contributed by atoms with Crippen LogP contribution in [-0.2, 0) is 17.3 Å². The molecule has 0 N–H and O–H groups in total. The molecular formula is C34H46F2O. The largest absolute Gasteiger partial charge is 0.383 e. The van der Waals surface area contributed by atoms with E-state index in [4.69, 9.17) is 4.74 Å². The van der Waals surface area contributed by atoms with Crippen LogP contribution in [0.2, 0.25) is 0 Å². The molecule has 2 aliphatic rings. The van der Waals surface area contributed by atoms with Gasteiger partial charge < -0.3 is 4.74 Å². The van der Waals surface area contributed by atoms with E-state index in [-0.39, 0.29) is 12.2 Å². The molecule has 1 nitrogen and oxygen atoms in total. The molecule has 0 radical (unpaired) electrons. The fraction of sp³-hybridized carbons (Fsp3) is 0.588. The molecule has 0 atom stereocenters. The van der Waals surface area contributed by atoms with Gasteiger partial charge in [-0.2, -0.15) is 8.78 Å². The SMILES string of the molecule is C=C[C@H]1CC[C@H](c2ccc(C(F)(F)OCCc3ccc([C@H]4CC[C@H](CCCCC)CC4)cc3)cc2)CC1. The van der Waals surface area contributed by atoms with Crippen LogP contribution in [0.5, 0.6) is 0 Å². The number of rotatable bonds is 12. The minimum atomic E-state index is -3.27. The first-order chi connectivity index (χ1) is 18.0. The third-order valence-corrected chi connectivity index (χ3v) is 9.01. The van der Waals surface area contributed by atoms with E-state index in [1.165, 1.54) is 56.9 Å². The summed E-state index contributed by atoms with van der Waals surface area (Å²) < 4.78 is 34.6. The van der Waals surface area contributed by atoms with Gasteiger partial charge in [0.05, 0.1) is 12.2 Å². The van der Waals surface area contributed by atoms with E-state index in [2.05, 4.69) is 37.8 Å². The summed E-state index contributed by atoms with van der Waals surface area (Å²) in [5.74, 6) is 2.62. The molecule has 4 rings (SSSR count). The molecule has 0 heterocycles. The Morgan fingerprint density at radius 3 is 1.95 bits per heavy atom. The summed E-state index contributed by atoms with van der Waals surface area (Å²) in [5, 5.41) is 0. The highest BCUT2D eigenvalue weighted by Crippen LogP contribution is 2.39. The zero-order valence-corrected chi connectivity index (χ0v) is 22.8. The van der Waals surface area contributed by atoms with Gasteiger partial charge in [-0.25, -0.2) is 0 Å². The number of allylic oxidation sites excluding steroid dienone is 1. The molecule has 0 amide bonds. The second kappa shape index (κ2) is 13.7. The Kier molecular flexibility index (Phi) is 10.4. The topological polar surface area (TPSA) is 9.23 Å². The smallest absolute Gasteiger partial charge is 0.316 e. The number of alkyl halides is 2. The molecule has 2 aromatic rings. The van der Waals surface area contributed by atoms with Crippen molar-refractivity contribution in [2.24, 2.45) is 11.8 Å². The third kappa shape index (κ3) is 7.99. The molecule has 0 bridgehead atoms. The minimum Gasteiger partial charge on any atom is -0.316 e. The van der Waals surface area contributed by atoms with E-state index >= 15 is 0 Å². The monoisotopic (exact) mass is 508 g/mol. The van der Waals surface area contributed by atoms with Crippen molar-refractivity contribution in [1.29, 1.82) is 0 Å². The molecule has 2 aromatic carbocycles. The number of ether oxygens (including phenoxy) is 1. The molecule has 3 heteroatoms. The van der Waals surface area contributed by atoms with Crippen molar-refractivity contribution >= 4 is 0 Å². The van der Waals surface area contributed by atoms with Crippen LogP contribution in [-0.4, -0.2) is 6.61 Å². The quantitative estimate of drug-likeness (QED) is 0.205. The van der Waals surface area contributed by atoms with Gasteiger partial charge in [0.25, 0.3) is 0 Å². The summed E-state index contributed by atoms with van der Waals surface area (Å²) in [6.07, 6.45) is 14.4. The Bertz CT molecular complexity index is 933. The summed E-state index contributed by atoms with van der Waals surface area (Å²) >= 11 is 0. The predicted molar refractivity (Wildman–Crippen MR) is 150 cm³/mol. The van der Waals surface area contributed by atoms with Crippen molar-refractivity contribution in [2.75, 3.05) is 6.61 Å². The molecular weight excluding hydrogens is 462 g/mol. The van der Waals surface area contributed by atoms with Crippen LogP contribution in [0.3, 0.4) is 0 Å². The summed E-state index contributed by atoms with van der Waals surface area (Å²) in [4.78, 5) is 0. The van der Waals surface area contributed by atoms with Crippen molar-refractivity contribution in [3.8, 4) is 0 Å². The number of unbranched alkanes of at least 4 members (excludes halogenated alkanes) is 2. The Labute approximate surface area is 223 Å². The lowest BCUT2D eigenvalue weighted by Crippen LogP contribution is -2.20. The number of hydrogen-bond acceptors (Lipinski definition) is 1. The van der Waals surface area contributed by atoms with Crippen molar-refractivity contribution in [1.82, 2.24) is 0 Å². The van der Waals surface area contributed by atoms with Gasteiger partial charge in [0.2, 0.25) is 0 Å². The molecule has 0 saturated heterocycles. The zero-order chi connectivity index (χ0) is 26.1. The standard InChI is InChI=1S/C34H46F2O/c1-3-5-6-7-27-10-16-30(17-11-27)31-18-12-28(13-19-31)24-25-37-34(35,36)33-22-20-32(21-23-33)29-14-8-26(4-2)9-15-29/h4,12-13,18-23,26-27,29-30H,2-3,5-11,14-17,24-25H2,1H3/t26-,27-,29-,30-. The second-order valence-corrected chi connectivity index (χ2v) is 11.5. The highest BCUT2D eigenvalue weighted by molar-refractivity contribution is 5.28. The molecule has 0 unspecified atom stereocenters. The molecule has 37 heavy (non-hydrogen) atoms. The average Bonchev–Trinajstić information content (AvgIpc) is 2.94. The lowest BCUT2D eigenvalue weighted by atomic mass is 9.77. The van der Waals surface area contributed by atoms with E-state index in [0.717, 1.165) is 42.7 Å². The normalized spacial score (nSPS) is 24.6. The summed E-state index contributed by atoms with van der Waals surface area (Å²) in [6.45, 7) is 6.18. The van der Waals surface area contributed by atoms with Crippen LogP contribution < -0.4 is 0 Å². The number of benzene rings is 2. The maximum Gasteiger partial charge on any atom is 0.383 e. The second-order valence-electron chi connectivity index (χ2n) is 11.5. The van der Waals surface area contributed by atoms with Crippen LogP contribution in [0, 0.1) is 11.8 Å². The fourth-order valence-corrected chi connectivity index (χ4v) is 6.44. The van der Waals surface area contributed by atoms with Crippen molar-refractivity contribution in [2.45, 2.75) is 108 Å². The lowest BCUT2D eigenvalue weighted by Gasteiger charge is -2.29. The fourth-order valence-electron chi connectivity index (χ4n) is 6.44. The first-order valence-corrected chi connectivity index (χ1v) is 14.8. The van der Waals surface area contributed by atoms with Gasteiger partial charge in [0.1, 0.15) is 0 Å². The first-order valence-electron chi connectivity index (χ1n) is 14.8. The van der Waals surface area contributed by atoms with Crippen LogP contribution in [0.25, 0.3) is 0 Å². The zero-order valence-electron chi connectivity index (χ0n) is 22.8. The predicted octanol–water partition coefficient (Wildman–Crippen LogP) is 10.3. The van der Waals surface area contributed by atoms with Gasteiger partial charge in [0, 0.05) is 0 Å². The maximum absolute atomic E-state index is 14.7. The van der Waals surface area contributed by atoms with Gasteiger partial charge in [-0.05, 0) is 98.1 Å². The Morgan fingerprint density at radius 1 is 0.811 bits per heavy atom. The van der Waals surface area contributed by atoms with Gasteiger partial charge in [0.15, 0.2) is 0 Å². The minimum absolute atomic E-state index is 0.00251. The van der Waals surface area contributed by atoms with Crippen molar-refractivity contribution < 1.29 is 13.5 Å². The molecule has 2 fully saturated rings. The van der Waals surface area contributed by atoms with Gasteiger partial charge in [-0.3, -0.25) is 0 Å². The number of hydrogen-bond donors (Lipinski definition) is 0. The highest BCUT2D eigenvalue weighted by Gasteiger charge is 2.33.